The summed E-state index contributed by atoms with van der Waals surface area (Å²) in [7, 11) is 4.59. The predicted octanol–water partition coefficient (Wildman–Crippen LogP) is 9.78. The van der Waals surface area contributed by atoms with Crippen molar-refractivity contribution in [3.8, 4) is 0 Å². The van der Waals surface area contributed by atoms with Crippen LogP contribution in [0.2, 0.25) is 0 Å². The van der Waals surface area contributed by atoms with E-state index in [9.17, 15) is 0 Å². The van der Waals surface area contributed by atoms with E-state index in [4.69, 9.17) is 0 Å². The van der Waals surface area contributed by atoms with Crippen molar-refractivity contribution in [3.05, 3.63) is 0 Å². The Bertz CT molecular complexity index is 299. The molecule has 0 aromatic rings. The summed E-state index contributed by atoms with van der Waals surface area (Å²) in [5.41, 5.74) is 0. The van der Waals surface area contributed by atoms with E-state index in [2.05, 4.69) is 39.8 Å². The van der Waals surface area contributed by atoms with Gasteiger partial charge in [-0.2, -0.15) is 0 Å². The Balaban J connectivity index is 3.62. The standard InChI is InChI=1S/C28H59N/c1-6-8-10-12-14-16-17-19-21-23-25-28(29(4)5)26-27(3)24-22-20-18-15-13-11-9-7-2/h27-28H,6-26H2,1-5H3. The van der Waals surface area contributed by atoms with Crippen LogP contribution in [0.1, 0.15) is 156 Å². The summed E-state index contributed by atoms with van der Waals surface area (Å²) in [6.07, 6.45) is 30.3. The minimum absolute atomic E-state index is 0.799. The van der Waals surface area contributed by atoms with Gasteiger partial charge in [0.05, 0.1) is 0 Å². The van der Waals surface area contributed by atoms with E-state index < -0.39 is 0 Å². The summed E-state index contributed by atoms with van der Waals surface area (Å²) >= 11 is 0. The second-order valence-corrected chi connectivity index (χ2v) is 10.2. The molecule has 0 radical (unpaired) electrons. The van der Waals surface area contributed by atoms with Gasteiger partial charge in [-0.3, -0.25) is 0 Å². The SMILES string of the molecule is CCCCCCCCCCCCC(CC(C)CCCCCCCCCC)N(C)C. The van der Waals surface area contributed by atoms with Gasteiger partial charge in [0.2, 0.25) is 0 Å². The summed E-state index contributed by atoms with van der Waals surface area (Å²) < 4.78 is 0. The first-order valence-electron chi connectivity index (χ1n) is 13.8. The second-order valence-electron chi connectivity index (χ2n) is 10.2. The molecule has 0 N–H and O–H groups in total. The van der Waals surface area contributed by atoms with Gasteiger partial charge in [-0.1, -0.05) is 143 Å². The molecule has 0 aliphatic carbocycles. The number of hydrogen-bond donors (Lipinski definition) is 0. The van der Waals surface area contributed by atoms with Gasteiger partial charge in [-0.25, -0.2) is 0 Å². The van der Waals surface area contributed by atoms with Crippen molar-refractivity contribution >= 4 is 0 Å². The van der Waals surface area contributed by atoms with Crippen LogP contribution in [-0.4, -0.2) is 25.0 Å². The molecule has 0 saturated heterocycles. The van der Waals surface area contributed by atoms with Crippen LogP contribution in [0.5, 0.6) is 0 Å². The van der Waals surface area contributed by atoms with E-state index in [1.165, 1.54) is 135 Å². The molecule has 29 heavy (non-hydrogen) atoms. The molecule has 0 heterocycles. The number of hydrogen-bond acceptors (Lipinski definition) is 1. The average Bonchev–Trinajstić information content (AvgIpc) is 2.70. The largest absolute Gasteiger partial charge is 0.306 e. The topological polar surface area (TPSA) is 3.24 Å². The molecule has 1 heteroatoms. The Kier molecular flexibility index (Phi) is 22.6. The highest BCUT2D eigenvalue weighted by Gasteiger charge is 2.15. The number of nitrogens with zero attached hydrogens (tertiary/aromatic N) is 1. The fourth-order valence-corrected chi connectivity index (χ4v) is 4.66. The van der Waals surface area contributed by atoms with E-state index in [1.807, 2.05) is 0 Å². The first-order chi connectivity index (χ1) is 14.1. The van der Waals surface area contributed by atoms with Gasteiger partial charge in [0.1, 0.15) is 0 Å². The van der Waals surface area contributed by atoms with E-state index in [0.29, 0.717) is 0 Å². The lowest BCUT2D eigenvalue weighted by molar-refractivity contribution is 0.225. The highest BCUT2D eigenvalue weighted by Crippen LogP contribution is 2.22. The molecule has 0 bridgehead atoms. The lowest BCUT2D eigenvalue weighted by Crippen LogP contribution is -2.29. The van der Waals surface area contributed by atoms with Gasteiger partial charge in [0.15, 0.2) is 0 Å². The van der Waals surface area contributed by atoms with Gasteiger partial charge in [-0.05, 0) is 32.9 Å². The minimum atomic E-state index is 0.799. The minimum Gasteiger partial charge on any atom is -0.306 e. The lowest BCUT2D eigenvalue weighted by Gasteiger charge is -2.27. The number of rotatable bonds is 23. The van der Waals surface area contributed by atoms with Crippen LogP contribution < -0.4 is 0 Å². The van der Waals surface area contributed by atoms with Crippen molar-refractivity contribution in [1.29, 1.82) is 0 Å². The van der Waals surface area contributed by atoms with Crippen LogP contribution in [0, 0.1) is 5.92 Å². The first kappa shape index (κ1) is 29.0. The monoisotopic (exact) mass is 409 g/mol. The second kappa shape index (κ2) is 22.6. The zero-order chi connectivity index (χ0) is 21.6. The summed E-state index contributed by atoms with van der Waals surface area (Å²) in [5, 5.41) is 0. The third kappa shape index (κ3) is 21.0. The lowest BCUT2D eigenvalue weighted by atomic mass is 9.92. The Labute approximate surface area is 186 Å². The predicted molar refractivity (Wildman–Crippen MR) is 135 cm³/mol. The third-order valence-corrected chi connectivity index (χ3v) is 6.85. The van der Waals surface area contributed by atoms with Crippen molar-refractivity contribution in [1.82, 2.24) is 4.90 Å². The zero-order valence-electron chi connectivity index (χ0n) is 21.5. The molecule has 0 fully saturated rings. The van der Waals surface area contributed by atoms with Crippen LogP contribution in [0.4, 0.5) is 0 Å². The van der Waals surface area contributed by atoms with Gasteiger partial charge >= 0.3 is 0 Å². The van der Waals surface area contributed by atoms with Gasteiger partial charge < -0.3 is 4.90 Å². The molecule has 0 amide bonds. The van der Waals surface area contributed by atoms with Crippen LogP contribution in [-0.2, 0) is 0 Å². The molecule has 1 nitrogen and oxygen atoms in total. The maximum Gasteiger partial charge on any atom is 0.00917 e. The molecule has 0 aromatic heterocycles. The van der Waals surface area contributed by atoms with Crippen molar-refractivity contribution in [2.45, 2.75) is 162 Å². The van der Waals surface area contributed by atoms with Crippen LogP contribution in [0.25, 0.3) is 0 Å². The van der Waals surface area contributed by atoms with E-state index >= 15 is 0 Å². The molecule has 2 unspecified atom stereocenters. The van der Waals surface area contributed by atoms with E-state index in [-0.39, 0.29) is 0 Å². The average molecular weight is 410 g/mol. The fraction of sp³-hybridized carbons (Fsp3) is 1.00. The number of unbranched alkanes of at least 4 members (excludes halogenated alkanes) is 16. The quantitative estimate of drug-likeness (QED) is 0.152. The van der Waals surface area contributed by atoms with Crippen LogP contribution in [0.15, 0.2) is 0 Å². The summed E-state index contributed by atoms with van der Waals surface area (Å²) in [6.45, 7) is 7.10. The smallest absolute Gasteiger partial charge is 0.00917 e. The van der Waals surface area contributed by atoms with Crippen molar-refractivity contribution < 1.29 is 0 Å². The molecule has 0 aliphatic heterocycles. The molecule has 176 valence electrons. The summed E-state index contributed by atoms with van der Waals surface area (Å²) in [6, 6.07) is 0.799. The van der Waals surface area contributed by atoms with Crippen LogP contribution in [0.3, 0.4) is 0 Å². The van der Waals surface area contributed by atoms with Gasteiger partial charge in [-0.15, -0.1) is 0 Å². The Morgan fingerprint density at radius 2 is 0.828 bits per heavy atom. The first-order valence-corrected chi connectivity index (χ1v) is 13.8. The molecule has 0 aromatic carbocycles. The fourth-order valence-electron chi connectivity index (χ4n) is 4.66. The zero-order valence-corrected chi connectivity index (χ0v) is 21.5. The Morgan fingerprint density at radius 3 is 1.21 bits per heavy atom. The van der Waals surface area contributed by atoms with Gasteiger partial charge in [0.25, 0.3) is 0 Å². The van der Waals surface area contributed by atoms with Crippen molar-refractivity contribution in [2.24, 2.45) is 5.92 Å². The molecule has 0 aliphatic rings. The Hall–Kier alpha value is -0.0400. The third-order valence-electron chi connectivity index (χ3n) is 6.85. The van der Waals surface area contributed by atoms with Gasteiger partial charge in [0, 0.05) is 6.04 Å². The highest BCUT2D eigenvalue weighted by molar-refractivity contribution is 4.70. The highest BCUT2D eigenvalue weighted by atomic mass is 15.1. The van der Waals surface area contributed by atoms with Crippen molar-refractivity contribution in [2.75, 3.05) is 14.1 Å². The van der Waals surface area contributed by atoms with Crippen LogP contribution >= 0.6 is 0 Å². The molecule has 0 saturated carbocycles. The Morgan fingerprint density at radius 1 is 0.483 bits per heavy atom. The molecular weight excluding hydrogens is 350 g/mol. The molecule has 2 atom stereocenters. The molecule has 0 rings (SSSR count). The molecule has 0 spiro atoms. The molecular formula is C28H59N. The maximum absolute atomic E-state index is 2.50. The van der Waals surface area contributed by atoms with E-state index in [0.717, 1.165) is 12.0 Å². The van der Waals surface area contributed by atoms with E-state index in [1.54, 1.807) is 0 Å². The maximum atomic E-state index is 2.50. The summed E-state index contributed by atoms with van der Waals surface area (Å²) in [4.78, 5) is 2.50. The summed E-state index contributed by atoms with van der Waals surface area (Å²) in [5.74, 6) is 0.894. The normalized spacial score (nSPS) is 13.9. The van der Waals surface area contributed by atoms with Crippen molar-refractivity contribution in [3.63, 3.8) is 0 Å².